The molecule has 0 aromatic carbocycles. The van der Waals surface area contributed by atoms with Crippen LogP contribution in [-0.4, -0.2) is 59.4 Å². The molecule has 8 heteroatoms. The Bertz CT molecular complexity index is 667. The molecule has 2 fully saturated rings. The highest BCUT2D eigenvalue weighted by Gasteiger charge is 2.37. The highest BCUT2D eigenvalue weighted by molar-refractivity contribution is 5.94. The third kappa shape index (κ3) is 4.37. The molecule has 1 saturated heterocycles. The molecule has 1 aliphatic carbocycles. The maximum Gasteiger partial charge on any atom is 0.245 e. The van der Waals surface area contributed by atoms with Gasteiger partial charge < -0.3 is 19.6 Å². The van der Waals surface area contributed by atoms with Crippen molar-refractivity contribution < 1.29 is 18.9 Å². The first-order chi connectivity index (χ1) is 11.9. The molecule has 1 aromatic heterocycles. The predicted molar refractivity (Wildman–Crippen MR) is 89.5 cm³/mol. The molecule has 1 aromatic rings. The van der Waals surface area contributed by atoms with Gasteiger partial charge >= 0.3 is 0 Å². The van der Waals surface area contributed by atoms with Gasteiger partial charge in [-0.3, -0.25) is 14.4 Å². The lowest BCUT2D eigenvalue weighted by molar-refractivity contribution is -0.142. The van der Waals surface area contributed by atoms with Crippen LogP contribution in [0.4, 0.5) is 5.82 Å². The van der Waals surface area contributed by atoms with Gasteiger partial charge in [-0.1, -0.05) is 5.16 Å². The Morgan fingerprint density at radius 1 is 1.32 bits per heavy atom. The van der Waals surface area contributed by atoms with E-state index in [9.17, 15) is 14.4 Å². The Morgan fingerprint density at radius 3 is 2.72 bits per heavy atom. The second-order valence-electron chi connectivity index (χ2n) is 6.96. The maximum atomic E-state index is 12.6. The molecule has 2 heterocycles. The molecule has 0 bridgehead atoms. The Kier molecular flexibility index (Phi) is 5.06. The lowest BCUT2D eigenvalue weighted by atomic mass is 9.96. The van der Waals surface area contributed by atoms with E-state index >= 15 is 0 Å². The van der Waals surface area contributed by atoms with Crippen LogP contribution in [0.1, 0.15) is 31.4 Å². The molecule has 2 aliphatic rings. The minimum Gasteiger partial charge on any atom is -0.360 e. The number of piperidine rings is 1. The van der Waals surface area contributed by atoms with Crippen molar-refractivity contribution in [3.63, 3.8) is 0 Å². The van der Waals surface area contributed by atoms with Crippen LogP contribution in [0.2, 0.25) is 0 Å². The van der Waals surface area contributed by atoms with Crippen LogP contribution in [0, 0.1) is 18.8 Å². The van der Waals surface area contributed by atoms with Gasteiger partial charge in [0.2, 0.25) is 17.7 Å². The number of anilines is 1. The van der Waals surface area contributed by atoms with E-state index in [0.717, 1.165) is 32.2 Å². The van der Waals surface area contributed by atoms with Crippen LogP contribution in [0.25, 0.3) is 0 Å². The molecule has 0 spiro atoms. The molecule has 1 saturated carbocycles. The average molecular weight is 348 g/mol. The zero-order valence-corrected chi connectivity index (χ0v) is 14.7. The van der Waals surface area contributed by atoms with Crippen LogP contribution < -0.4 is 5.32 Å². The molecular weight excluding hydrogens is 324 g/mol. The fourth-order valence-corrected chi connectivity index (χ4v) is 3.18. The number of rotatable bonds is 5. The summed E-state index contributed by atoms with van der Waals surface area (Å²) in [6, 6.07) is 1.61. The molecule has 1 unspecified atom stereocenters. The normalized spacial score (nSPS) is 20.2. The van der Waals surface area contributed by atoms with Gasteiger partial charge in [0.05, 0.1) is 12.5 Å². The van der Waals surface area contributed by atoms with E-state index in [2.05, 4.69) is 10.5 Å². The van der Waals surface area contributed by atoms with Gasteiger partial charge in [0, 0.05) is 32.1 Å². The SMILES string of the molecule is Cc1cc(NC(=O)CN(C)C(=O)C2CCCN(C(=O)C3CC3)C2)no1. The Morgan fingerprint density at radius 2 is 2.08 bits per heavy atom. The van der Waals surface area contributed by atoms with Gasteiger partial charge in [-0.05, 0) is 32.6 Å². The van der Waals surface area contributed by atoms with Crippen molar-refractivity contribution in [1.82, 2.24) is 15.0 Å². The van der Waals surface area contributed by atoms with Crippen molar-refractivity contribution >= 4 is 23.5 Å². The fraction of sp³-hybridized carbons (Fsp3) is 0.647. The molecule has 3 amide bonds. The van der Waals surface area contributed by atoms with Gasteiger partial charge in [-0.25, -0.2) is 0 Å². The van der Waals surface area contributed by atoms with Gasteiger partial charge in [-0.15, -0.1) is 0 Å². The molecule has 1 atom stereocenters. The summed E-state index contributed by atoms with van der Waals surface area (Å²) in [5.41, 5.74) is 0. The monoisotopic (exact) mass is 348 g/mol. The van der Waals surface area contributed by atoms with Gasteiger partial charge in [0.1, 0.15) is 5.76 Å². The Labute approximate surface area is 146 Å². The molecule has 0 radical (unpaired) electrons. The van der Waals surface area contributed by atoms with E-state index in [4.69, 9.17) is 4.52 Å². The van der Waals surface area contributed by atoms with Gasteiger partial charge in [0.25, 0.3) is 0 Å². The van der Waals surface area contributed by atoms with E-state index in [1.54, 1.807) is 20.0 Å². The Hall–Kier alpha value is -2.38. The smallest absolute Gasteiger partial charge is 0.245 e. The summed E-state index contributed by atoms with van der Waals surface area (Å²) in [6.07, 6.45) is 3.51. The zero-order valence-electron chi connectivity index (χ0n) is 14.7. The number of likely N-dealkylation sites (N-methyl/N-ethyl adjacent to an activating group) is 1. The maximum absolute atomic E-state index is 12.6. The number of likely N-dealkylation sites (tertiary alicyclic amines) is 1. The lowest BCUT2D eigenvalue weighted by Crippen LogP contribution is -2.47. The van der Waals surface area contributed by atoms with E-state index in [0.29, 0.717) is 18.1 Å². The van der Waals surface area contributed by atoms with Crippen LogP contribution in [0.5, 0.6) is 0 Å². The molecule has 1 N–H and O–H groups in total. The first-order valence-corrected chi connectivity index (χ1v) is 8.71. The number of hydrogen-bond donors (Lipinski definition) is 1. The van der Waals surface area contributed by atoms with Gasteiger partial charge in [0.15, 0.2) is 5.82 Å². The summed E-state index contributed by atoms with van der Waals surface area (Å²) in [5, 5.41) is 6.29. The largest absolute Gasteiger partial charge is 0.360 e. The van der Waals surface area contributed by atoms with E-state index in [-0.39, 0.29) is 36.1 Å². The first-order valence-electron chi connectivity index (χ1n) is 8.71. The minimum atomic E-state index is -0.328. The van der Waals surface area contributed by atoms with Crippen molar-refractivity contribution in [2.75, 3.05) is 32.0 Å². The molecule has 1 aliphatic heterocycles. The molecule has 8 nitrogen and oxygen atoms in total. The van der Waals surface area contributed by atoms with Crippen molar-refractivity contribution in [2.45, 2.75) is 32.6 Å². The highest BCUT2D eigenvalue weighted by Crippen LogP contribution is 2.32. The predicted octanol–water partition coefficient (Wildman–Crippen LogP) is 1.03. The lowest BCUT2D eigenvalue weighted by Gasteiger charge is -2.34. The number of nitrogens with zero attached hydrogens (tertiary/aromatic N) is 3. The summed E-state index contributed by atoms with van der Waals surface area (Å²) < 4.78 is 4.89. The van der Waals surface area contributed by atoms with E-state index in [1.165, 1.54) is 4.90 Å². The van der Waals surface area contributed by atoms with E-state index in [1.807, 2.05) is 4.90 Å². The number of aryl methyl sites for hydroxylation is 1. The molecular formula is C17H24N4O4. The second-order valence-corrected chi connectivity index (χ2v) is 6.96. The number of carbonyl (C=O) groups is 3. The number of carbonyl (C=O) groups excluding carboxylic acids is 3. The number of nitrogens with one attached hydrogen (secondary N) is 1. The summed E-state index contributed by atoms with van der Waals surface area (Å²) in [6.45, 7) is 2.87. The highest BCUT2D eigenvalue weighted by atomic mass is 16.5. The number of aromatic nitrogens is 1. The van der Waals surface area contributed by atoms with Crippen LogP contribution in [-0.2, 0) is 14.4 Å². The molecule has 25 heavy (non-hydrogen) atoms. The van der Waals surface area contributed by atoms with Crippen LogP contribution in [0.3, 0.4) is 0 Å². The number of hydrogen-bond acceptors (Lipinski definition) is 5. The topological polar surface area (TPSA) is 95.8 Å². The van der Waals surface area contributed by atoms with Gasteiger partial charge in [-0.2, -0.15) is 0 Å². The minimum absolute atomic E-state index is 0.0577. The summed E-state index contributed by atoms with van der Waals surface area (Å²) in [5.74, 6) is 0.626. The number of amides is 3. The van der Waals surface area contributed by atoms with Crippen molar-refractivity contribution in [2.24, 2.45) is 11.8 Å². The fourth-order valence-electron chi connectivity index (χ4n) is 3.18. The summed E-state index contributed by atoms with van der Waals surface area (Å²) >= 11 is 0. The molecule has 136 valence electrons. The van der Waals surface area contributed by atoms with Crippen LogP contribution in [0.15, 0.2) is 10.6 Å². The average Bonchev–Trinajstić information content (AvgIpc) is 3.36. The second kappa shape index (κ2) is 7.25. The summed E-state index contributed by atoms with van der Waals surface area (Å²) in [7, 11) is 1.61. The third-order valence-corrected chi connectivity index (χ3v) is 4.66. The Balaban J connectivity index is 1.50. The standard InChI is InChI=1S/C17H24N4O4/c1-11-8-14(19-25-11)18-15(22)10-20(2)16(23)13-4-3-7-21(9-13)17(24)12-5-6-12/h8,12-13H,3-7,9-10H2,1-2H3,(H,18,19,22). The van der Waals surface area contributed by atoms with Crippen molar-refractivity contribution in [3.8, 4) is 0 Å². The third-order valence-electron chi connectivity index (χ3n) is 4.66. The first kappa shape index (κ1) is 17.4. The van der Waals surface area contributed by atoms with E-state index < -0.39 is 0 Å². The zero-order chi connectivity index (χ0) is 18.0. The van der Waals surface area contributed by atoms with Crippen LogP contribution >= 0.6 is 0 Å². The van der Waals surface area contributed by atoms with Crippen molar-refractivity contribution in [1.29, 1.82) is 0 Å². The molecule has 3 rings (SSSR count). The summed E-state index contributed by atoms with van der Waals surface area (Å²) in [4.78, 5) is 40.1. The van der Waals surface area contributed by atoms with Crippen molar-refractivity contribution in [3.05, 3.63) is 11.8 Å². The quantitative estimate of drug-likeness (QED) is 0.857.